The van der Waals surface area contributed by atoms with Crippen LogP contribution in [0.5, 0.6) is 0 Å². The highest BCUT2D eigenvalue weighted by Gasteiger charge is 2.53. The summed E-state index contributed by atoms with van der Waals surface area (Å²) in [7, 11) is 0. The second kappa shape index (κ2) is 8.61. The molecule has 0 saturated carbocycles. The van der Waals surface area contributed by atoms with Crippen LogP contribution in [0.1, 0.15) is 35.4 Å². The van der Waals surface area contributed by atoms with Crippen LogP contribution in [0, 0.1) is 11.3 Å². The molecular formula is C18H19ClF6N4O. The number of halogens is 7. The monoisotopic (exact) mass is 456 g/mol. The number of alkyl halides is 6. The number of nitrogens with two attached hydrogens (primary N) is 1. The van der Waals surface area contributed by atoms with Gasteiger partial charge in [0.25, 0.3) is 0 Å². The fourth-order valence-electron chi connectivity index (χ4n) is 3.95. The van der Waals surface area contributed by atoms with Crippen LogP contribution in [0.2, 0.25) is 0 Å². The summed E-state index contributed by atoms with van der Waals surface area (Å²) in [5.41, 5.74) is 3.55. The number of hydrogen-bond donors (Lipinski definition) is 2. The second-order valence-electron chi connectivity index (χ2n) is 7.33. The molecule has 2 saturated heterocycles. The van der Waals surface area contributed by atoms with E-state index in [1.807, 2.05) is 0 Å². The number of nitrogens with zero attached hydrogens (tertiary/aromatic N) is 2. The Kier molecular flexibility index (Phi) is 6.96. The van der Waals surface area contributed by atoms with Gasteiger partial charge in [0.1, 0.15) is 6.04 Å². The third-order valence-corrected chi connectivity index (χ3v) is 5.36. The van der Waals surface area contributed by atoms with E-state index in [0.29, 0.717) is 19.0 Å². The summed E-state index contributed by atoms with van der Waals surface area (Å²) in [4.78, 5) is 14.0. The van der Waals surface area contributed by atoms with Gasteiger partial charge in [-0.3, -0.25) is 10.1 Å². The summed E-state index contributed by atoms with van der Waals surface area (Å²) in [5, 5.41) is 11.1. The van der Waals surface area contributed by atoms with Crippen molar-refractivity contribution >= 4 is 18.3 Å². The number of nitrogens with one attached hydrogen (secondary N) is 1. The van der Waals surface area contributed by atoms with E-state index < -0.39 is 47.4 Å². The van der Waals surface area contributed by atoms with Gasteiger partial charge in [0, 0.05) is 25.0 Å². The number of likely N-dealkylation sites (tertiary alicyclic amines) is 1. The number of carbonyl (C=O) groups excluding carboxylic acids is 1. The lowest BCUT2D eigenvalue weighted by Crippen LogP contribution is -2.48. The summed E-state index contributed by atoms with van der Waals surface area (Å²) in [6.45, 7) is 0.558. The standard InChI is InChI=1S/C18H18F6N4O.ClH/c19-17(20,21)13-5-9(1-2-10(13)7-25)12-6-14(27-15(12)18(22,23)24)16(29)28-4-3-11(26)8-28;/h1-2,5,11-12,14-15,27H,3-4,6,8,26H2;1H/t11-,12?,14+,15-;/m1./s1. The highest BCUT2D eigenvalue weighted by molar-refractivity contribution is 5.85. The first kappa shape index (κ1) is 24.2. The van der Waals surface area contributed by atoms with Gasteiger partial charge in [0.2, 0.25) is 5.91 Å². The predicted octanol–water partition coefficient (Wildman–Crippen LogP) is 2.93. The van der Waals surface area contributed by atoms with E-state index in [9.17, 15) is 31.1 Å². The Morgan fingerprint density at radius 3 is 2.40 bits per heavy atom. The Morgan fingerprint density at radius 2 is 1.90 bits per heavy atom. The third kappa shape index (κ3) is 4.82. The van der Waals surface area contributed by atoms with Gasteiger partial charge < -0.3 is 10.6 Å². The first-order chi connectivity index (χ1) is 13.4. The lowest BCUT2D eigenvalue weighted by Gasteiger charge is -2.23. The number of hydrogen-bond acceptors (Lipinski definition) is 4. The molecular weight excluding hydrogens is 438 g/mol. The minimum Gasteiger partial charge on any atom is -0.340 e. The van der Waals surface area contributed by atoms with Gasteiger partial charge in [-0.15, -0.1) is 12.4 Å². The normalized spacial score (nSPS) is 26.9. The second-order valence-corrected chi connectivity index (χ2v) is 7.33. The molecule has 1 unspecified atom stereocenters. The van der Waals surface area contributed by atoms with Crippen LogP contribution in [-0.2, 0) is 11.0 Å². The zero-order chi connectivity index (χ0) is 21.6. The molecule has 0 aromatic heterocycles. The summed E-state index contributed by atoms with van der Waals surface area (Å²) in [6.07, 6.45) is -9.43. The molecule has 4 atom stereocenters. The van der Waals surface area contributed by atoms with Crippen LogP contribution in [0.3, 0.4) is 0 Å². The van der Waals surface area contributed by atoms with Crippen molar-refractivity contribution in [1.82, 2.24) is 10.2 Å². The highest BCUT2D eigenvalue weighted by Crippen LogP contribution is 2.42. The van der Waals surface area contributed by atoms with Gasteiger partial charge in [-0.05, 0) is 30.5 Å². The summed E-state index contributed by atoms with van der Waals surface area (Å²) in [5.74, 6) is -1.94. The predicted molar refractivity (Wildman–Crippen MR) is 96.7 cm³/mol. The van der Waals surface area contributed by atoms with Crippen molar-refractivity contribution in [3.8, 4) is 6.07 Å². The number of carbonyl (C=O) groups is 1. The minimum atomic E-state index is -4.89. The molecule has 5 nitrogen and oxygen atoms in total. The van der Waals surface area contributed by atoms with Crippen molar-refractivity contribution in [2.45, 2.75) is 49.2 Å². The lowest BCUT2D eigenvalue weighted by atomic mass is 9.88. The van der Waals surface area contributed by atoms with E-state index in [0.717, 1.165) is 12.1 Å². The zero-order valence-corrected chi connectivity index (χ0v) is 16.2. The number of rotatable bonds is 2. The van der Waals surface area contributed by atoms with Crippen LogP contribution >= 0.6 is 12.4 Å². The average molecular weight is 457 g/mol. The molecule has 0 bridgehead atoms. The highest BCUT2D eigenvalue weighted by atomic mass is 35.5. The van der Waals surface area contributed by atoms with Crippen LogP contribution in [-0.4, -0.2) is 48.2 Å². The molecule has 1 aromatic rings. The molecule has 1 amide bonds. The molecule has 3 rings (SSSR count). The molecule has 2 fully saturated rings. The molecule has 12 heteroatoms. The smallest absolute Gasteiger partial charge is 0.340 e. The zero-order valence-electron chi connectivity index (χ0n) is 15.4. The number of amides is 1. The number of nitriles is 1. The average Bonchev–Trinajstić information content (AvgIpc) is 3.26. The van der Waals surface area contributed by atoms with Gasteiger partial charge in [-0.2, -0.15) is 31.6 Å². The molecule has 2 heterocycles. The molecule has 0 spiro atoms. The van der Waals surface area contributed by atoms with Gasteiger partial charge in [0.05, 0.1) is 23.2 Å². The van der Waals surface area contributed by atoms with Crippen molar-refractivity contribution < 1.29 is 31.1 Å². The fourth-order valence-corrected chi connectivity index (χ4v) is 3.95. The van der Waals surface area contributed by atoms with Crippen LogP contribution in [0.15, 0.2) is 18.2 Å². The van der Waals surface area contributed by atoms with Gasteiger partial charge >= 0.3 is 12.4 Å². The third-order valence-electron chi connectivity index (χ3n) is 5.36. The van der Waals surface area contributed by atoms with E-state index in [4.69, 9.17) is 11.0 Å². The van der Waals surface area contributed by atoms with Gasteiger partial charge in [-0.1, -0.05) is 6.07 Å². The molecule has 0 aliphatic carbocycles. The maximum absolute atomic E-state index is 13.6. The molecule has 30 heavy (non-hydrogen) atoms. The van der Waals surface area contributed by atoms with Crippen LogP contribution < -0.4 is 11.1 Å². The quantitative estimate of drug-likeness (QED) is 0.670. The Balaban J connectivity index is 0.00000320. The topological polar surface area (TPSA) is 82.2 Å². The molecule has 166 valence electrons. The Hall–Kier alpha value is -2.03. The Bertz CT molecular complexity index is 837. The van der Waals surface area contributed by atoms with Crippen LogP contribution in [0.4, 0.5) is 26.3 Å². The van der Waals surface area contributed by atoms with E-state index in [2.05, 4.69) is 5.32 Å². The van der Waals surface area contributed by atoms with Crippen molar-refractivity contribution in [3.63, 3.8) is 0 Å². The van der Waals surface area contributed by atoms with Crippen LogP contribution in [0.25, 0.3) is 0 Å². The molecule has 2 aliphatic rings. The van der Waals surface area contributed by atoms with Crippen molar-refractivity contribution in [1.29, 1.82) is 5.26 Å². The Labute approximate surface area is 174 Å². The fraction of sp³-hybridized carbons (Fsp3) is 0.556. The Morgan fingerprint density at radius 1 is 1.23 bits per heavy atom. The largest absolute Gasteiger partial charge is 0.417 e. The molecule has 3 N–H and O–H groups in total. The summed E-state index contributed by atoms with van der Waals surface area (Å²) in [6, 6.07) is 0.308. The van der Waals surface area contributed by atoms with E-state index in [1.54, 1.807) is 0 Å². The lowest BCUT2D eigenvalue weighted by molar-refractivity contribution is -0.156. The van der Waals surface area contributed by atoms with E-state index in [-0.39, 0.29) is 37.0 Å². The first-order valence-corrected chi connectivity index (χ1v) is 8.90. The van der Waals surface area contributed by atoms with Crippen molar-refractivity contribution in [2.75, 3.05) is 13.1 Å². The number of benzene rings is 1. The molecule has 2 aliphatic heterocycles. The summed E-state index contributed by atoms with van der Waals surface area (Å²) < 4.78 is 80.4. The summed E-state index contributed by atoms with van der Waals surface area (Å²) >= 11 is 0. The molecule has 0 radical (unpaired) electrons. The first-order valence-electron chi connectivity index (χ1n) is 8.90. The molecule has 1 aromatic carbocycles. The van der Waals surface area contributed by atoms with Crippen molar-refractivity contribution in [2.24, 2.45) is 5.73 Å². The SMILES string of the molecule is Cl.N#Cc1ccc(C2C[C@@H](C(=O)N3CC[C@@H](N)C3)N[C@H]2C(F)(F)F)cc1C(F)(F)F. The maximum atomic E-state index is 13.6. The van der Waals surface area contributed by atoms with Gasteiger partial charge in [0.15, 0.2) is 0 Å². The minimum absolute atomic E-state index is 0. The van der Waals surface area contributed by atoms with E-state index in [1.165, 1.54) is 11.0 Å². The van der Waals surface area contributed by atoms with E-state index >= 15 is 0 Å². The maximum Gasteiger partial charge on any atom is 0.417 e. The van der Waals surface area contributed by atoms with Gasteiger partial charge in [-0.25, -0.2) is 0 Å². The van der Waals surface area contributed by atoms with Crippen molar-refractivity contribution in [3.05, 3.63) is 34.9 Å².